The number of aliphatic carboxylic acids is 1. The zero-order valence-electron chi connectivity index (χ0n) is 10.6. The second kappa shape index (κ2) is 7.11. The van der Waals surface area contributed by atoms with Gasteiger partial charge in [-0.15, -0.1) is 0 Å². The second-order valence-corrected chi connectivity index (χ2v) is 4.81. The number of nitrogens with two attached hydrogens (primary N) is 1. The lowest BCUT2D eigenvalue weighted by molar-refractivity contribution is -0.142. The van der Waals surface area contributed by atoms with Crippen molar-refractivity contribution in [2.24, 2.45) is 11.7 Å². The smallest absolute Gasteiger partial charge is 0.330 e. The quantitative estimate of drug-likeness (QED) is 0.739. The van der Waals surface area contributed by atoms with Gasteiger partial charge in [-0.25, -0.2) is 4.79 Å². The van der Waals surface area contributed by atoms with Crippen molar-refractivity contribution in [1.29, 1.82) is 0 Å². The Balaban J connectivity index is 2.83. The average molecular weight is 285 g/mol. The minimum absolute atomic E-state index is 0.000639. The van der Waals surface area contributed by atoms with Crippen LogP contribution in [0.15, 0.2) is 24.3 Å². The number of hydrogen-bond acceptors (Lipinski definition) is 3. The summed E-state index contributed by atoms with van der Waals surface area (Å²) >= 11 is 5.94. The van der Waals surface area contributed by atoms with Crippen LogP contribution in [0.4, 0.5) is 0 Å². The summed E-state index contributed by atoms with van der Waals surface area (Å²) in [4.78, 5) is 23.0. The van der Waals surface area contributed by atoms with Gasteiger partial charge in [0.15, 0.2) is 6.04 Å². The molecule has 1 aromatic carbocycles. The highest BCUT2D eigenvalue weighted by Crippen LogP contribution is 2.23. The third-order valence-corrected chi connectivity index (χ3v) is 3.05. The molecule has 0 aliphatic heterocycles. The molecule has 0 spiro atoms. The molecular formula is C13H17ClN2O3. The fraction of sp³-hybridized carbons (Fsp3) is 0.385. The predicted octanol–water partition coefficient (Wildman–Crippen LogP) is 1.57. The van der Waals surface area contributed by atoms with Gasteiger partial charge in [0, 0.05) is 17.0 Å². The first-order chi connectivity index (χ1) is 8.95. The summed E-state index contributed by atoms with van der Waals surface area (Å²) in [6.07, 6.45) is 0.185. The van der Waals surface area contributed by atoms with Gasteiger partial charge >= 0.3 is 5.97 Å². The summed E-state index contributed by atoms with van der Waals surface area (Å²) in [7, 11) is 0. The second-order valence-electron chi connectivity index (χ2n) is 4.41. The third kappa shape index (κ3) is 4.54. The van der Waals surface area contributed by atoms with Crippen molar-refractivity contribution >= 4 is 23.5 Å². The number of halogens is 1. The van der Waals surface area contributed by atoms with Gasteiger partial charge < -0.3 is 16.2 Å². The molecule has 0 aliphatic carbocycles. The lowest BCUT2D eigenvalue weighted by Gasteiger charge is -2.17. The fourth-order valence-corrected chi connectivity index (χ4v) is 1.85. The molecule has 5 nitrogen and oxygen atoms in total. The van der Waals surface area contributed by atoms with E-state index in [-0.39, 0.29) is 18.2 Å². The maximum atomic E-state index is 11.7. The molecule has 6 heteroatoms. The van der Waals surface area contributed by atoms with Crippen molar-refractivity contribution in [2.75, 3.05) is 6.54 Å². The number of nitrogens with one attached hydrogen (secondary N) is 1. The predicted molar refractivity (Wildman–Crippen MR) is 72.8 cm³/mol. The van der Waals surface area contributed by atoms with Crippen molar-refractivity contribution in [1.82, 2.24) is 5.32 Å². The molecule has 104 valence electrons. The number of hydrogen-bond donors (Lipinski definition) is 3. The fourth-order valence-electron chi connectivity index (χ4n) is 1.60. The minimum atomic E-state index is -1.15. The van der Waals surface area contributed by atoms with Crippen LogP contribution in [0.1, 0.15) is 24.9 Å². The number of carbonyl (C=O) groups is 2. The van der Waals surface area contributed by atoms with E-state index in [4.69, 9.17) is 17.3 Å². The van der Waals surface area contributed by atoms with Crippen molar-refractivity contribution in [3.63, 3.8) is 0 Å². The molecule has 19 heavy (non-hydrogen) atoms. The number of benzene rings is 1. The van der Waals surface area contributed by atoms with Gasteiger partial charge in [0.2, 0.25) is 5.91 Å². The van der Waals surface area contributed by atoms with Crippen LogP contribution in [-0.4, -0.2) is 23.5 Å². The summed E-state index contributed by atoms with van der Waals surface area (Å²) in [5.74, 6) is -1.51. The van der Waals surface area contributed by atoms with Gasteiger partial charge in [-0.3, -0.25) is 4.79 Å². The van der Waals surface area contributed by atoms with Gasteiger partial charge in [0.25, 0.3) is 0 Å². The van der Waals surface area contributed by atoms with Crippen LogP contribution in [0.5, 0.6) is 0 Å². The van der Waals surface area contributed by atoms with Crippen molar-refractivity contribution in [2.45, 2.75) is 19.4 Å². The minimum Gasteiger partial charge on any atom is -0.479 e. The van der Waals surface area contributed by atoms with Crippen LogP contribution in [0.3, 0.4) is 0 Å². The van der Waals surface area contributed by atoms with Crippen molar-refractivity contribution in [3.05, 3.63) is 34.9 Å². The molecular weight excluding hydrogens is 268 g/mol. The number of amides is 1. The molecule has 0 saturated heterocycles. The van der Waals surface area contributed by atoms with Gasteiger partial charge in [0.1, 0.15) is 0 Å². The first-order valence-electron chi connectivity index (χ1n) is 5.92. The summed E-state index contributed by atoms with van der Waals surface area (Å²) in [6.45, 7) is 2.20. The lowest BCUT2D eigenvalue weighted by Crippen LogP contribution is -2.35. The Morgan fingerprint density at radius 1 is 1.42 bits per heavy atom. The largest absolute Gasteiger partial charge is 0.479 e. The monoisotopic (exact) mass is 284 g/mol. The molecule has 1 amide bonds. The zero-order valence-corrected chi connectivity index (χ0v) is 11.4. The molecule has 0 fully saturated rings. The van der Waals surface area contributed by atoms with Gasteiger partial charge in [-0.05, 0) is 18.5 Å². The third-order valence-electron chi connectivity index (χ3n) is 2.70. The van der Waals surface area contributed by atoms with Crippen LogP contribution in [-0.2, 0) is 9.59 Å². The van der Waals surface area contributed by atoms with E-state index in [1.807, 2.05) is 6.92 Å². The van der Waals surface area contributed by atoms with E-state index in [2.05, 4.69) is 5.32 Å². The Morgan fingerprint density at radius 3 is 2.58 bits per heavy atom. The molecule has 0 heterocycles. The van der Waals surface area contributed by atoms with E-state index >= 15 is 0 Å². The molecule has 0 bridgehead atoms. The summed E-state index contributed by atoms with van der Waals surface area (Å²) in [5.41, 5.74) is 5.79. The van der Waals surface area contributed by atoms with Crippen LogP contribution < -0.4 is 11.1 Å². The lowest BCUT2D eigenvalue weighted by atomic mass is 10.0. The van der Waals surface area contributed by atoms with Gasteiger partial charge in [-0.1, -0.05) is 36.7 Å². The van der Waals surface area contributed by atoms with Crippen molar-refractivity contribution < 1.29 is 14.7 Å². The maximum Gasteiger partial charge on any atom is 0.330 e. The summed E-state index contributed by atoms with van der Waals surface area (Å²) in [6, 6.07) is 5.38. The molecule has 2 atom stereocenters. The topological polar surface area (TPSA) is 92.4 Å². The van der Waals surface area contributed by atoms with Gasteiger partial charge in [-0.2, -0.15) is 0 Å². The summed E-state index contributed by atoms with van der Waals surface area (Å²) < 4.78 is 0. The Bertz CT molecular complexity index is 465. The molecule has 4 N–H and O–H groups in total. The zero-order chi connectivity index (χ0) is 14.4. The highest BCUT2D eigenvalue weighted by Gasteiger charge is 2.24. The molecule has 0 aliphatic rings. The number of carboxylic acid groups (broad SMARTS) is 1. The molecule has 0 aromatic heterocycles. The standard InChI is InChI=1S/C13H17ClN2O3/c1-8(7-15)6-11(17)16-12(13(18)19)9-4-2-3-5-10(9)14/h2-5,8,12H,6-7,15H2,1H3,(H,16,17)(H,18,19)/t8?,12-/m1/s1. The molecule has 1 aromatic rings. The Kier molecular flexibility index (Phi) is 5.79. The van der Waals surface area contributed by atoms with E-state index in [0.29, 0.717) is 17.1 Å². The number of carboxylic acids is 1. The van der Waals surface area contributed by atoms with Crippen LogP contribution in [0.2, 0.25) is 5.02 Å². The Morgan fingerprint density at radius 2 is 2.05 bits per heavy atom. The van der Waals surface area contributed by atoms with Crippen molar-refractivity contribution in [3.8, 4) is 0 Å². The van der Waals surface area contributed by atoms with Crippen LogP contribution >= 0.6 is 11.6 Å². The highest BCUT2D eigenvalue weighted by molar-refractivity contribution is 6.31. The number of rotatable bonds is 6. The molecule has 1 unspecified atom stereocenters. The Labute approximate surface area is 116 Å². The first kappa shape index (κ1) is 15.5. The number of carbonyl (C=O) groups excluding carboxylic acids is 1. The first-order valence-corrected chi connectivity index (χ1v) is 6.30. The van der Waals surface area contributed by atoms with Gasteiger partial charge in [0.05, 0.1) is 0 Å². The van der Waals surface area contributed by atoms with E-state index in [9.17, 15) is 14.7 Å². The summed E-state index contributed by atoms with van der Waals surface area (Å²) in [5, 5.41) is 12.0. The average Bonchev–Trinajstić information content (AvgIpc) is 2.36. The molecule has 1 rings (SSSR count). The van der Waals surface area contributed by atoms with Crippen LogP contribution in [0.25, 0.3) is 0 Å². The van der Waals surface area contributed by atoms with E-state index in [1.165, 1.54) is 0 Å². The maximum absolute atomic E-state index is 11.7. The van der Waals surface area contributed by atoms with E-state index < -0.39 is 12.0 Å². The van der Waals surface area contributed by atoms with E-state index in [1.54, 1.807) is 24.3 Å². The normalized spacial score (nSPS) is 13.6. The van der Waals surface area contributed by atoms with E-state index in [0.717, 1.165) is 0 Å². The Hall–Kier alpha value is -1.59. The molecule has 0 radical (unpaired) electrons. The SMILES string of the molecule is CC(CN)CC(=O)N[C@@H](C(=O)O)c1ccccc1Cl. The highest BCUT2D eigenvalue weighted by atomic mass is 35.5. The van der Waals surface area contributed by atoms with Crippen LogP contribution in [0, 0.1) is 5.92 Å². The molecule has 0 saturated carbocycles.